The van der Waals surface area contributed by atoms with Crippen molar-refractivity contribution in [1.29, 1.82) is 0 Å². The van der Waals surface area contributed by atoms with Gasteiger partial charge >= 0.3 is 0 Å². The smallest absolute Gasteiger partial charge is 0.261 e. The average molecular weight is 426 g/mol. The van der Waals surface area contributed by atoms with Crippen LogP contribution in [0, 0.1) is 0 Å². The molecule has 0 saturated carbocycles. The molecule has 0 unspecified atom stereocenters. The van der Waals surface area contributed by atoms with E-state index in [-0.39, 0.29) is 11.5 Å². The van der Waals surface area contributed by atoms with Gasteiger partial charge in [-0.2, -0.15) is 5.10 Å². The van der Waals surface area contributed by atoms with Crippen LogP contribution in [0.2, 0.25) is 0 Å². The molecule has 5 rings (SSSR count). The predicted octanol–water partition coefficient (Wildman–Crippen LogP) is 2.26. The highest BCUT2D eigenvalue weighted by molar-refractivity contribution is 7.85. The minimum absolute atomic E-state index is 0.260. The van der Waals surface area contributed by atoms with E-state index in [1.807, 2.05) is 12.1 Å². The first-order valence-electron chi connectivity index (χ1n) is 9.95. The van der Waals surface area contributed by atoms with E-state index in [0.29, 0.717) is 35.8 Å². The summed E-state index contributed by atoms with van der Waals surface area (Å²) >= 11 is 0. The average Bonchev–Trinajstić information content (AvgIpc) is 3.27. The number of fused-ring (bicyclic) bond motifs is 2. The van der Waals surface area contributed by atoms with Crippen molar-refractivity contribution in [3.8, 4) is 5.75 Å². The first-order chi connectivity index (χ1) is 14.4. The van der Waals surface area contributed by atoms with E-state index in [2.05, 4.69) is 34.1 Å². The van der Waals surface area contributed by atoms with Crippen LogP contribution >= 0.6 is 0 Å². The number of hydrogen-bond donors (Lipinski definition) is 1. The molecule has 30 heavy (non-hydrogen) atoms. The molecule has 1 amide bonds. The monoisotopic (exact) mass is 425 g/mol. The summed E-state index contributed by atoms with van der Waals surface area (Å²) in [5.41, 5.74) is 3.33. The van der Waals surface area contributed by atoms with Gasteiger partial charge in [-0.15, -0.1) is 0 Å². The van der Waals surface area contributed by atoms with Crippen LogP contribution < -0.4 is 15.0 Å². The predicted molar refractivity (Wildman–Crippen MR) is 116 cm³/mol. The van der Waals surface area contributed by atoms with Gasteiger partial charge in [0.1, 0.15) is 16.9 Å². The lowest BCUT2D eigenvalue weighted by molar-refractivity contribution is 0.102. The Bertz CT molecular complexity index is 1160. The molecule has 8 nitrogen and oxygen atoms in total. The van der Waals surface area contributed by atoms with E-state index in [0.717, 1.165) is 29.1 Å². The number of benzene rings is 1. The molecule has 0 atom stereocenters. The van der Waals surface area contributed by atoms with Crippen LogP contribution in [0.3, 0.4) is 0 Å². The van der Waals surface area contributed by atoms with Gasteiger partial charge in [-0.3, -0.25) is 9.00 Å². The van der Waals surface area contributed by atoms with E-state index in [9.17, 15) is 9.00 Å². The van der Waals surface area contributed by atoms with Crippen molar-refractivity contribution in [2.75, 3.05) is 34.8 Å². The molecule has 3 aromatic rings. The second-order valence-electron chi connectivity index (χ2n) is 8.25. The van der Waals surface area contributed by atoms with Crippen LogP contribution in [0.15, 0.2) is 36.8 Å². The van der Waals surface area contributed by atoms with Crippen LogP contribution in [0.4, 0.5) is 11.4 Å². The largest absolute Gasteiger partial charge is 0.487 e. The molecule has 1 N–H and O–H groups in total. The van der Waals surface area contributed by atoms with Gasteiger partial charge in [-0.1, -0.05) is 0 Å². The SMILES string of the molecule is CC1(C)Cc2cc(NC(=O)c3cnn4cccnc34)c(N3CCS(=O)CC3)cc2O1. The van der Waals surface area contributed by atoms with Gasteiger partial charge in [0.2, 0.25) is 0 Å². The molecule has 9 heteroatoms. The second kappa shape index (κ2) is 7.09. The molecular formula is C21H23N5O3S. The van der Waals surface area contributed by atoms with E-state index >= 15 is 0 Å². The molecule has 1 aromatic carbocycles. The fraction of sp³-hybridized carbons (Fsp3) is 0.381. The number of ether oxygens (including phenoxy) is 1. The van der Waals surface area contributed by atoms with Gasteiger partial charge in [0, 0.05) is 65.8 Å². The summed E-state index contributed by atoms with van der Waals surface area (Å²) in [6.07, 6.45) is 5.70. The maximum atomic E-state index is 13.1. The Morgan fingerprint density at radius 1 is 1.27 bits per heavy atom. The molecule has 156 valence electrons. The number of aromatic nitrogens is 3. The van der Waals surface area contributed by atoms with Crippen LogP contribution in [0.5, 0.6) is 5.75 Å². The summed E-state index contributed by atoms with van der Waals surface area (Å²) in [7, 11) is -0.783. The third-order valence-corrected chi connectivity index (χ3v) is 6.75. The molecule has 0 radical (unpaired) electrons. The zero-order valence-electron chi connectivity index (χ0n) is 16.9. The summed E-state index contributed by atoms with van der Waals surface area (Å²) in [6, 6.07) is 5.77. The Balaban J connectivity index is 1.51. The zero-order valence-corrected chi connectivity index (χ0v) is 17.7. The highest BCUT2D eigenvalue weighted by atomic mass is 32.2. The van der Waals surface area contributed by atoms with Gasteiger partial charge in [0.05, 0.1) is 17.6 Å². The number of nitrogens with one attached hydrogen (secondary N) is 1. The molecule has 0 bridgehead atoms. The van der Waals surface area contributed by atoms with Crippen molar-refractivity contribution in [2.24, 2.45) is 0 Å². The van der Waals surface area contributed by atoms with Crippen molar-refractivity contribution in [3.05, 3.63) is 47.9 Å². The van der Waals surface area contributed by atoms with E-state index in [1.54, 1.807) is 23.0 Å². The summed E-state index contributed by atoms with van der Waals surface area (Å²) in [5.74, 6) is 1.82. The fourth-order valence-corrected chi connectivity index (χ4v) is 5.11. The lowest BCUT2D eigenvalue weighted by atomic mass is 10.0. The summed E-state index contributed by atoms with van der Waals surface area (Å²) < 4.78 is 19.5. The normalized spacial score (nSPS) is 18.3. The first-order valence-corrected chi connectivity index (χ1v) is 11.4. The molecular weight excluding hydrogens is 402 g/mol. The Hall–Kier alpha value is -2.94. The maximum Gasteiger partial charge on any atom is 0.261 e. The van der Waals surface area contributed by atoms with Gasteiger partial charge in [0.15, 0.2) is 5.65 Å². The lowest BCUT2D eigenvalue weighted by Gasteiger charge is -2.30. The fourth-order valence-electron chi connectivity index (χ4n) is 4.06. The minimum Gasteiger partial charge on any atom is -0.487 e. The molecule has 2 aliphatic rings. The Kier molecular flexibility index (Phi) is 4.50. The van der Waals surface area contributed by atoms with E-state index in [4.69, 9.17) is 4.74 Å². The third kappa shape index (κ3) is 3.43. The van der Waals surface area contributed by atoms with Gasteiger partial charge in [-0.05, 0) is 26.0 Å². The first kappa shape index (κ1) is 19.0. The minimum atomic E-state index is -0.783. The molecule has 2 aliphatic heterocycles. The third-order valence-electron chi connectivity index (χ3n) is 5.47. The lowest BCUT2D eigenvalue weighted by Crippen LogP contribution is -2.38. The van der Waals surface area contributed by atoms with Crippen molar-refractivity contribution in [1.82, 2.24) is 14.6 Å². The van der Waals surface area contributed by atoms with Gasteiger partial charge < -0.3 is 15.0 Å². The second-order valence-corrected chi connectivity index (χ2v) is 9.95. The standard InChI is InChI=1S/C21H23N5O3S/c1-21(2)12-14-10-16(17(11-18(14)29-21)25-6-8-30(28)9-7-25)24-20(27)15-13-23-26-5-3-4-22-19(15)26/h3-5,10-11,13H,6-9,12H2,1-2H3,(H,24,27). The Morgan fingerprint density at radius 2 is 2.07 bits per heavy atom. The van der Waals surface area contributed by atoms with Crippen molar-refractivity contribution in [2.45, 2.75) is 25.9 Å². The number of anilines is 2. The Labute approximate surface area is 176 Å². The van der Waals surface area contributed by atoms with Crippen molar-refractivity contribution in [3.63, 3.8) is 0 Å². The number of carbonyl (C=O) groups excluding carboxylic acids is 1. The topological polar surface area (TPSA) is 88.8 Å². The molecule has 0 aliphatic carbocycles. The van der Waals surface area contributed by atoms with Gasteiger partial charge in [-0.25, -0.2) is 9.50 Å². The van der Waals surface area contributed by atoms with Crippen LogP contribution in [-0.4, -0.2) is 54.9 Å². The molecule has 1 fully saturated rings. The van der Waals surface area contributed by atoms with Crippen LogP contribution in [-0.2, 0) is 17.2 Å². The number of hydrogen-bond acceptors (Lipinski definition) is 6. The number of carbonyl (C=O) groups is 1. The number of rotatable bonds is 3. The van der Waals surface area contributed by atoms with E-state index < -0.39 is 10.8 Å². The summed E-state index contributed by atoms with van der Waals surface area (Å²) in [5, 5.41) is 7.27. The highest BCUT2D eigenvalue weighted by Gasteiger charge is 2.32. The molecule has 2 aromatic heterocycles. The molecule has 1 saturated heterocycles. The Morgan fingerprint density at radius 3 is 2.87 bits per heavy atom. The number of amides is 1. The zero-order chi connectivity index (χ0) is 20.9. The summed E-state index contributed by atoms with van der Waals surface area (Å²) in [4.78, 5) is 19.5. The number of nitrogens with zero attached hydrogens (tertiary/aromatic N) is 4. The van der Waals surface area contributed by atoms with Crippen LogP contribution in [0.25, 0.3) is 5.65 Å². The van der Waals surface area contributed by atoms with Crippen LogP contribution in [0.1, 0.15) is 29.8 Å². The van der Waals surface area contributed by atoms with E-state index in [1.165, 1.54) is 6.20 Å². The highest BCUT2D eigenvalue weighted by Crippen LogP contribution is 2.42. The quantitative estimate of drug-likeness (QED) is 0.693. The maximum absolute atomic E-state index is 13.1. The van der Waals surface area contributed by atoms with Gasteiger partial charge in [0.25, 0.3) is 5.91 Å². The van der Waals surface area contributed by atoms with Crippen molar-refractivity contribution >= 4 is 33.7 Å². The molecule has 0 spiro atoms. The summed E-state index contributed by atoms with van der Waals surface area (Å²) in [6.45, 7) is 5.46. The van der Waals surface area contributed by atoms with Crippen molar-refractivity contribution < 1.29 is 13.7 Å². The molecule has 4 heterocycles.